The van der Waals surface area contributed by atoms with Gasteiger partial charge in [-0.25, -0.2) is 4.79 Å². The molecule has 0 spiro atoms. The van der Waals surface area contributed by atoms with Crippen LogP contribution in [0.4, 0.5) is 5.69 Å². The summed E-state index contributed by atoms with van der Waals surface area (Å²) in [5.41, 5.74) is 2.52. The molecule has 0 atom stereocenters. The maximum atomic E-state index is 12.1. The predicted molar refractivity (Wildman–Crippen MR) is 97.4 cm³/mol. The van der Waals surface area contributed by atoms with Crippen LogP contribution in [0.15, 0.2) is 42.5 Å². The van der Waals surface area contributed by atoms with Crippen molar-refractivity contribution in [1.29, 1.82) is 0 Å². The molecule has 0 aliphatic heterocycles. The van der Waals surface area contributed by atoms with Crippen molar-refractivity contribution in [2.24, 2.45) is 0 Å². The van der Waals surface area contributed by atoms with Crippen molar-refractivity contribution < 1.29 is 19.4 Å². The fourth-order valence-corrected chi connectivity index (χ4v) is 2.44. The number of carbonyl (C=O) groups is 2. The van der Waals surface area contributed by atoms with E-state index >= 15 is 0 Å². The van der Waals surface area contributed by atoms with E-state index in [2.05, 4.69) is 26.1 Å². The average Bonchev–Trinajstić information content (AvgIpc) is 2.52. The van der Waals surface area contributed by atoms with Gasteiger partial charge >= 0.3 is 5.97 Å². The Bertz CT molecular complexity index is 791. The van der Waals surface area contributed by atoms with Gasteiger partial charge in [-0.3, -0.25) is 4.79 Å². The highest BCUT2D eigenvalue weighted by Crippen LogP contribution is 2.32. The Morgan fingerprint density at radius 2 is 1.84 bits per heavy atom. The van der Waals surface area contributed by atoms with Crippen molar-refractivity contribution in [2.45, 2.75) is 33.1 Å². The van der Waals surface area contributed by atoms with E-state index in [-0.39, 0.29) is 23.5 Å². The molecule has 2 aromatic carbocycles. The van der Waals surface area contributed by atoms with E-state index in [0.29, 0.717) is 11.4 Å². The van der Waals surface area contributed by atoms with Gasteiger partial charge in [0.25, 0.3) is 5.91 Å². The zero-order valence-corrected chi connectivity index (χ0v) is 14.9. The van der Waals surface area contributed by atoms with E-state index < -0.39 is 5.97 Å². The summed E-state index contributed by atoms with van der Waals surface area (Å²) in [6, 6.07) is 12.0. The van der Waals surface area contributed by atoms with Crippen LogP contribution in [0.25, 0.3) is 0 Å². The summed E-state index contributed by atoms with van der Waals surface area (Å²) in [5.74, 6) is -0.701. The molecular weight excluding hydrogens is 318 g/mol. The second-order valence-corrected chi connectivity index (χ2v) is 6.97. The van der Waals surface area contributed by atoms with Crippen molar-refractivity contribution in [3.8, 4) is 5.75 Å². The minimum absolute atomic E-state index is 0.102. The molecule has 0 saturated carbocycles. The van der Waals surface area contributed by atoms with Gasteiger partial charge in [-0.15, -0.1) is 0 Å². The highest BCUT2D eigenvalue weighted by Gasteiger charge is 2.19. The fourth-order valence-electron chi connectivity index (χ4n) is 2.44. The lowest BCUT2D eigenvalue weighted by molar-refractivity contribution is -0.118. The molecule has 2 rings (SSSR count). The standard InChI is InChI=1S/C20H23NO4/c1-13-8-9-16(20(2,3)4)17(10-13)25-12-18(22)21-15-7-5-6-14(11-15)19(23)24/h5-11H,12H2,1-4H3,(H,21,22)(H,23,24). The number of aromatic carboxylic acids is 1. The van der Waals surface area contributed by atoms with Crippen LogP contribution in [0.2, 0.25) is 0 Å². The van der Waals surface area contributed by atoms with Gasteiger partial charge in [0.1, 0.15) is 5.75 Å². The van der Waals surface area contributed by atoms with Crippen LogP contribution in [0.3, 0.4) is 0 Å². The van der Waals surface area contributed by atoms with Gasteiger partial charge in [0.05, 0.1) is 5.56 Å². The second-order valence-electron chi connectivity index (χ2n) is 6.97. The number of hydrogen-bond acceptors (Lipinski definition) is 3. The molecule has 25 heavy (non-hydrogen) atoms. The molecule has 0 radical (unpaired) electrons. The summed E-state index contributed by atoms with van der Waals surface area (Å²) in [6.45, 7) is 8.08. The van der Waals surface area contributed by atoms with Crippen LogP contribution in [0.1, 0.15) is 42.3 Å². The number of rotatable bonds is 5. The maximum absolute atomic E-state index is 12.1. The molecule has 0 fully saturated rings. The van der Waals surface area contributed by atoms with Gasteiger partial charge < -0.3 is 15.2 Å². The number of amides is 1. The molecule has 1 amide bonds. The molecule has 0 saturated heterocycles. The Morgan fingerprint density at radius 1 is 1.12 bits per heavy atom. The summed E-state index contributed by atoms with van der Waals surface area (Å²) in [4.78, 5) is 23.1. The van der Waals surface area contributed by atoms with Crippen molar-refractivity contribution in [3.05, 3.63) is 59.2 Å². The number of carboxylic acids is 1. The largest absolute Gasteiger partial charge is 0.483 e. The summed E-state index contributed by atoms with van der Waals surface area (Å²) < 4.78 is 5.73. The molecule has 2 N–H and O–H groups in total. The molecule has 0 aromatic heterocycles. The maximum Gasteiger partial charge on any atom is 0.335 e. The summed E-state index contributed by atoms with van der Waals surface area (Å²) in [7, 11) is 0. The third-order valence-electron chi connectivity index (χ3n) is 3.70. The van der Waals surface area contributed by atoms with Crippen LogP contribution in [-0.4, -0.2) is 23.6 Å². The van der Waals surface area contributed by atoms with E-state index in [4.69, 9.17) is 9.84 Å². The number of nitrogens with one attached hydrogen (secondary N) is 1. The molecule has 5 heteroatoms. The zero-order chi connectivity index (χ0) is 18.6. The Balaban J connectivity index is 2.07. The SMILES string of the molecule is Cc1ccc(C(C)(C)C)c(OCC(=O)Nc2cccc(C(=O)O)c2)c1. The van der Waals surface area contributed by atoms with E-state index in [1.54, 1.807) is 12.1 Å². The van der Waals surface area contributed by atoms with E-state index in [1.165, 1.54) is 12.1 Å². The number of benzene rings is 2. The van der Waals surface area contributed by atoms with Crippen molar-refractivity contribution >= 4 is 17.6 Å². The highest BCUT2D eigenvalue weighted by atomic mass is 16.5. The Hall–Kier alpha value is -2.82. The first-order valence-corrected chi connectivity index (χ1v) is 8.04. The minimum atomic E-state index is -1.04. The van der Waals surface area contributed by atoms with Gasteiger partial charge in [0.15, 0.2) is 6.61 Å². The molecule has 0 aliphatic rings. The number of anilines is 1. The highest BCUT2D eigenvalue weighted by molar-refractivity contribution is 5.94. The van der Waals surface area contributed by atoms with Crippen LogP contribution in [0, 0.1) is 6.92 Å². The number of carbonyl (C=O) groups excluding carboxylic acids is 1. The van der Waals surface area contributed by atoms with Crippen LogP contribution in [-0.2, 0) is 10.2 Å². The quantitative estimate of drug-likeness (QED) is 0.861. The molecule has 5 nitrogen and oxygen atoms in total. The van der Waals surface area contributed by atoms with Crippen LogP contribution >= 0.6 is 0 Å². The van der Waals surface area contributed by atoms with Crippen LogP contribution < -0.4 is 10.1 Å². The first-order chi connectivity index (χ1) is 11.7. The van der Waals surface area contributed by atoms with Gasteiger partial charge in [0, 0.05) is 5.69 Å². The molecule has 0 heterocycles. The molecule has 2 aromatic rings. The number of ether oxygens (including phenoxy) is 1. The predicted octanol–water partition coefficient (Wildman–Crippen LogP) is 4.01. The van der Waals surface area contributed by atoms with E-state index in [1.807, 2.05) is 25.1 Å². The molecule has 0 unspecified atom stereocenters. The zero-order valence-electron chi connectivity index (χ0n) is 14.9. The van der Waals surface area contributed by atoms with Gasteiger partial charge in [0.2, 0.25) is 0 Å². The monoisotopic (exact) mass is 341 g/mol. The van der Waals surface area contributed by atoms with E-state index in [0.717, 1.165) is 11.1 Å². The molecule has 132 valence electrons. The van der Waals surface area contributed by atoms with Crippen LogP contribution in [0.5, 0.6) is 5.75 Å². The minimum Gasteiger partial charge on any atom is -0.483 e. The van der Waals surface area contributed by atoms with Crippen molar-refractivity contribution in [1.82, 2.24) is 0 Å². The summed E-state index contributed by atoms with van der Waals surface area (Å²) in [6.07, 6.45) is 0. The topological polar surface area (TPSA) is 75.6 Å². The number of aryl methyl sites for hydroxylation is 1. The third-order valence-corrected chi connectivity index (χ3v) is 3.70. The van der Waals surface area contributed by atoms with Crippen molar-refractivity contribution in [3.63, 3.8) is 0 Å². The van der Waals surface area contributed by atoms with Crippen molar-refractivity contribution in [2.75, 3.05) is 11.9 Å². The Kier molecular flexibility index (Phi) is 5.47. The smallest absolute Gasteiger partial charge is 0.335 e. The first kappa shape index (κ1) is 18.5. The van der Waals surface area contributed by atoms with E-state index in [9.17, 15) is 9.59 Å². The van der Waals surface area contributed by atoms with Gasteiger partial charge in [-0.05, 0) is 47.7 Å². The molecule has 0 bridgehead atoms. The average molecular weight is 341 g/mol. The second kappa shape index (κ2) is 7.38. The first-order valence-electron chi connectivity index (χ1n) is 8.04. The normalized spacial score (nSPS) is 11.0. The molecular formula is C20H23NO4. The lowest BCUT2D eigenvalue weighted by Crippen LogP contribution is -2.22. The van der Waals surface area contributed by atoms with Gasteiger partial charge in [-0.2, -0.15) is 0 Å². The van der Waals surface area contributed by atoms with Gasteiger partial charge in [-0.1, -0.05) is 39.0 Å². The summed E-state index contributed by atoms with van der Waals surface area (Å²) >= 11 is 0. The lowest BCUT2D eigenvalue weighted by Gasteiger charge is -2.23. The fraction of sp³-hybridized carbons (Fsp3) is 0.300. The lowest BCUT2D eigenvalue weighted by atomic mass is 9.86. The number of hydrogen-bond donors (Lipinski definition) is 2. The Labute approximate surface area is 147 Å². The number of carboxylic acid groups (broad SMARTS) is 1. The molecule has 0 aliphatic carbocycles. The summed E-state index contributed by atoms with van der Waals surface area (Å²) in [5, 5.41) is 11.6. The Morgan fingerprint density at radius 3 is 2.48 bits per heavy atom. The third kappa shape index (κ3) is 5.08.